The molecule has 1 aromatic rings. The molecule has 4 nitrogen and oxygen atoms in total. The van der Waals surface area contributed by atoms with Gasteiger partial charge < -0.3 is 10.1 Å². The molecule has 1 aliphatic carbocycles. The van der Waals surface area contributed by atoms with Crippen LogP contribution in [0.25, 0.3) is 0 Å². The Morgan fingerprint density at radius 3 is 2.62 bits per heavy atom. The molecule has 1 heterocycles. The number of methoxy groups -OCH3 is 1. The van der Waals surface area contributed by atoms with Gasteiger partial charge in [0.05, 0.1) is 11.3 Å². The lowest BCUT2D eigenvalue weighted by atomic mass is 9.88. The molecule has 21 heavy (non-hydrogen) atoms. The molecule has 0 saturated heterocycles. The smallest absolute Gasteiger partial charge is 0.0834 e. The minimum absolute atomic E-state index is 0.00577. The molecule has 1 N–H and O–H groups in total. The summed E-state index contributed by atoms with van der Waals surface area (Å²) in [5, 5.41) is 8.33. The number of nitrogens with zero attached hydrogens (tertiary/aromatic N) is 2. The van der Waals surface area contributed by atoms with Crippen molar-refractivity contribution in [2.75, 3.05) is 13.7 Å². The lowest BCUT2D eigenvalue weighted by Gasteiger charge is -2.37. The van der Waals surface area contributed by atoms with E-state index in [2.05, 4.69) is 37.4 Å². The molecule has 0 amide bonds. The Morgan fingerprint density at radius 1 is 1.38 bits per heavy atom. The zero-order valence-corrected chi connectivity index (χ0v) is 14.1. The van der Waals surface area contributed by atoms with Gasteiger partial charge in [0.15, 0.2) is 0 Å². The number of aromatic nitrogens is 2. The van der Waals surface area contributed by atoms with Crippen molar-refractivity contribution < 1.29 is 4.74 Å². The maximum absolute atomic E-state index is 6.01. The van der Waals surface area contributed by atoms with Crippen molar-refractivity contribution >= 4 is 0 Å². The summed E-state index contributed by atoms with van der Waals surface area (Å²) >= 11 is 0. The van der Waals surface area contributed by atoms with Gasteiger partial charge in [0.25, 0.3) is 0 Å². The van der Waals surface area contributed by atoms with E-state index in [-0.39, 0.29) is 5.60 Å². The van der Waals surface area contributed by atoms with Crippen LogP contribution < -0.4 is 5.32 Å². The first-order valence-corrected chi connectivity index (χ1v) is 8.45. The van der Waals surface area contributed by atoms with E-state index in [1.54, 1.807) is 0 Å². The van der Waals surface area contributed by atoms with E-state index < -0.39 is 0 Å². The molecule has 120 valence electrons. The van der Waals surface area contributed by atoms with Crippen molar-refractivity contribution in [2.24, 2.45) is 7.05 Å². The third-order valence-corrected chi connectivity index (χ3v) is 4.94. The molecule has 0 aliphatic heterocycles. The topological polar surface area (TPSA) is 39.1 Å². The molecule has 1 unspecified atom stereocenters. The van der Waals surface area contributed by atoms with Crippen LogP contribution >= 0.6 is 0 Å². The average molecular weight is 293 g/mol. The highest BCUT2D eigenvalue weighted by molar-refractivity contribution is 5.14. The van der Waals surface area contributed by atoms with Crippen LogP contribution in [0.3, 0.4) is 0 Å². The van der Waals surface area contributed by atoms with Gasteiger partial charge >= 0.3 is 0 Å². The van der Waals surface area contributed by atoms with Gasteiger partial charge in [-0.2, -0.15) is 5.10 Å². The zero-order valence-electron chi connectivity index (χ0n) is 14.1. The minimum Gasteiger partial charge on any atom is -0.377 e. The number of hydrogen-bond acceptors (Lipinski definition) is 3. The summed E-state index contributed by atoms with van der Waals surface area (Å²) in [5.41, 5.74) is 2.50. The maximum Gasteiger partial charge on any atom is 0.0834 e. The van der Waals surface area contributed by atoms with E-state index in [4.69, 9.17) is 4.74 Å². The quantitative estimate of drug-likeness (QED) is 0.801. The van der Waals surface area contributed by atoms with E-state index in [0.717, 1.165) is 25.8 Å². The first-order chi connectivity index (χ1) is 10.1. The molecule has 0 bridgehead atoms. The van der Waals surface area contributed by atoms with Gasteiger partial charge in [0, 0.05) is 32.3 Å². The van der Waals surface area contributed by atoms with Crippen LogP contribution in [0, 0.1) is 0 Å². The third kappa shape index (κ3) is 3.67. The fourth-order valence-corrected chi connectivity index (χ4v) is 3.58. The standard InChI is InChI=1S/C17H31N3O/c1-5-11-18-16(17(21-4)9-7-8-10-17)13-15-12-14(6-2)19-20(15)3/h12,16,18H,5-11,13H2,1-4H3. The normalized spacial score (nSPS) is 19.0. The molecule has 1 saturated carbocycles. The van der Waals surface area contributed by atoms with Crippen LogP contribution in [0.2, 0.25) is 0 Å². The minimum atomic E-state index is 0.00577. The van der Waals surface area contributed by atoms with Gasteiger partial charge in [-0.15, -0.1) is 0 Å². The fraction of sp³-hybridized carbons (Fsp3) is 0.824. The van der Waals surface area contributed by atoms with E-state index in [1.807, 2.05) is 11.8 Å². The Balaban J connectivity index is 2.17. The SMILES string of the molecule is CCCNC(Cc1cc(CC)nn1C)C1(OC)CCCC1. The van der Waals surface area contributed by atoms with E-state index >= 15 is 0 Å². The molecule has 1 aliphatic rings. The monoisotopic (exact) mass is 293 g/mol. The number of rotatable bonds is 8. The molecule has 4 heteroatoms. The van der Waals surface area contributed by atoms with Crippen molar-refractivity contribution in [2.45, 2.75) is 70.4 Å². The molecule has 0 radical (unpaired) electrons. The molecule has 0 spiro atoms. The highest BCUT2D eigenvalue weighted by Crippen LogP contribution is 2.36. The number of nitrogens with one attached hydrogen (secondary N) is 1. The molecular weight excluding hydrogens is 262 g/mol. The summed E-state index contributed by atoms with van der Waals surface area (Å²) in [6.07, 6.45) is 8.05. The summed E-state index contributed by atoms with van der Waals surface area (Å²) in [5.74, 6) is 0. The van der Waals surface area contributed by atoms with Crippen molar-refractivity contribution in [1.29, 1.82) is 0 Å². The molecule has 2 rings (SSSR count). The summed E-state index contributed by atoms with van der Waals surface area (Å²) < 4.78 is 8.05. The zero-order chi connectivity index (χ0) is 15.3. The van der Waals surface area contributed by atoms with Crippen molar-refractivity contribution in [3.8, 4) is 0 Å². The number of aryl methyl sites for hydroxylation is 2. The lowest BCUT2D eigenvalue weighted by Crippen LogP contribution is -2.52. The van der Waals surface area contributed by atoms with Crippen molar-refractivity contribution in [3.63, 3.8) is 0 Å². The average Bonchev–Trinajstić information content (AvgIpc) is 3.11. The second kappa shape index (κ2) is 7.41. The summed E-state index contributed by atoms with van der Waals surface area (Å²) in [7, 11) is 3.94. The highest BCUT2D eigenvalue weighted by atomic mass is 16.5. The first-order valence-electron chi connectivity index (χ1n) is 8.45. The van der Waals surface area contributed by atoms with E-state index in [9.17, 15) is 0 Å². The Bertz CT molecular complexity index is 435. The van der Waals surface area contributed by atoms with Crippen LogP contribution in [0.5, 0.6) is 0 Å². The Labute approximate surface area is 129 Å². The highest BCUT2D eigenvalue weighted by Gasteiger charge is 2.41. The third-order valence-electron chi connectivity index (χ3n) is 4.94. The molecule has 1 atom stereocenters. The lowest BCUT2D eigenvalue weighted by molar-refractivity contribution is -0.0358. The molecular formula is C17H31N3O. The van der Waals surface area contributed by atoms with E-state index in [0.29, 0.717) is 6.04 Å². The predicted molar refractivity (Wildman–Crippen MR) is 86.6 cm³/mol. The summed E-state index contributed by atoms with van der Waals surface area (Å²) in [4.78, 5) is 0. The molecule has 1 fully saturated rings. The van der Waals surface area contributed by atoms with Crippen LogP contribution in [0.15, 0.2) is 6.07 Å². The van der Waals surface area contributed by atoms with Crippen molar-refractivity contribution in [1.82, 2.24) is 15.1 Å². The van der Waals surface area contributed by atoms with Crippen LogP contribution in [-0.4, -0.2) is 35.1 Å². The van der Waals surface area contributed by atoms with Crippen LogP contribution in [0.1, 0.15) is 57.3 Å². The number of hydrogen-bond donors (Lipinski definition) is 1. The van der Waals surface area contributed by atoms with Crippen LogP contribution in [0.4, 0.5) is 0 Å². The van der Waals surface area contributed by atoms with E-state index in [1.165, 1.54) is 37.1 Å². The Kier molecular flexibility index (Phi) is 5.82. The van der Waals surface area contributed by atoms with Gasteiger partial charge in [-0.3, -0.25) is 4.68 Å². The first kappa shape index (κ1) is 16.5. The van der Waals surface area contributed by atoms with Crippen LogP contribution in [-0.2, 0) is 24.6 Å². The fourth-order valence-electron chi connectivity index (χ4n) is 3.58. The largest absolute Gasteiger partial charge is 0.377 e. The van der Waals surface area contributed by atoms with Crippen molar-refractivity contribution in [3.05, 3.63) is 17.5 Å². The summed E-state index contributed by atoms with van der Waals surface area (Å²) in [6, 6.07) is 2.63. The van der Waals surface area contributed by atoms with Gasteiger partial charge in [0.1, 0.15) is 0 Å². The second-order valence-corrected chi connectivity index (χ2v) is 6.29. The van der Waals surface area contributed by atoms with Gasteiger partial charge in [-0.25, -0.2) is 0 Å². The van der Waals surface area contributed by atoms with Gasteiger partial charge in [-0.1, -0.05) is 26.7 Å². The Morgan fingerprint density at radius 2 is 2.10 bits per heavy atom. The second-order valence-electron chi connectivity index (χ2n) is 6.29. The summed E-state index contributed by atoms with van der Waals surface area (Å²) in [6.45, 7) is 5.43. The molecule has 1 aromatic heterocycles. The predicted octanol–water partition coefficient (Wildman–Crippen LogP) is 2.85. The Hall–Kier alpha value is -0.870. The maximum atomic E-state index is 6.01. The number of ether oxygens (including phenoxy) is 1. The van der Waals surface area contributed by atoms with Gasteiger partial charge in [-0.05, 0) is 38.3 Å². The molecule has 0 aromatic carbocycles. The van der Waals surface area contributed by atoms with Gasteiger partial charge in [0.2, 0.25) is 0 Å².